The van der Waals surface area contributed by atoms with Gasteiger partial charge in [-0.2, -0.15) is 0 Å². The summed E-state index contributed by atoms with van der Waals surface area (Å²) >= 11 is 0. The Hall–Kier alpha value is -1.15. The molecule has 1 fully saturated rings. The minimum Gasteiger partial charge on any atom is -0.479 e. The standard InChI is InChI=1S/C11H20N2O5S/c1-19(17)6-2-5-12-11(16)13-7-8-3-4-9(18-8)10(14)15/h8-9H,2-7H2,1H3,(H,14,15)(H2,12,13,16). The smallest absolute Gasteiger partial charge is 0.332 e. The number of amides is 2. The van der Waals surface area contributed by atoms with Crippen LogP contribution in [-0.2, 0) is 20.3 Å². The molecule has 19 heavy (non-hydrogen) atoms. The molecule has 0 aromatic carbocycles. The number of carbonyl (C=O) groups is 2. The molecule has 1 aliphatic rings. The first kappa shape index (κ1) is 15.9. The van der Waals surface area contributed by atoms with E-state index in [0.717, 1.165) is 0 Å². The Morgan fingerprint density at radius 1 is 1.37 bits per heavy atom. The molecule has 1 rings (SSSR count). The third-order valence-corrected chi connectivity index (χ3v) is 3.63. The fraction of sp³-hybridized carbons (Fsp3) is 0.818. The van der Waals surface area contributed by atoms with Crippen LogP contribution in [0.2, 0.25) is 0 Å². The lowest BCUT2D eigenvalue weighted by Crippen LogP contribution is -2.40. The van der Waals surface area contributed by atoms with Crippen molar-refractivity contribution in [2.45, 2.75) is 31.5 Å². The molecule has 0 aromatic rings. The van der Waals surface area contributed by atoms with Crippen LogP contribution >= 0.6 is 0 Å². The van der Waals surface area contributed by atoms with Gasteiger partial charge in [-0.25, -0.2) is 9.59 Å². The van der Waals surface area contributed by atoms with Crippen molar-refractivity contribution < 1.29 is 23.6 Å². The van der Waals surface area contributed by atoms with Crippen molar-refractivity contribution in [2.24, 2.45) is 0 Å². The number of aliphatic carboxylic acids is 1. The lowest BCUT2D eigenvalue weighted by Gasteiger charge is -2.12. The van der Waals surface area contributed by atoms with Gasteiger partial charge in [0.25, 0.3) is 0 Å². The highest BCUT2D eigenvalue weighted by atomic mass is 32.2. The van der Waals surface area contributed by atoms with Crippen molar-refractivity contribution in [2.75, 3.05) is 25.1 Å². The first-order chi connectivity index (χ1) is 8.99. The molecule has 1 saturated heterocycles. The predicted octanol–water partition coefficient (Wildman–Crippen LogP) is -0.314. The second-order valence-electron chi connectivity index (χ2n) is 4.43. The van der Waals surface area contributed by atoms with Crippen molar-refractivity contribution in [1.82, 2.24) is 10.6 Å². The van der Waals surface area contributed by atoms with E-state index < -0.39 is 22.9 Å². The molecule has 7 nitrogen and oxygen atoms in total. The van der Waals surface area contributed by atoms with E-state index in [1.54, 1.807) is 6.26 Å². The van der Waals surface area contributed by atoms with Crippen LogP contribution in [-0.4, -0.2) is 58.6 Å². The Balaban J connectivity index is 2.07. The lowest BCUT2D eigenvalue weighted by atomic mass is 10.2. The number of ether oxygens (including phenoxy) is 1. The van der Waals surface area contributed by atoms with E-state index in [4.69, 9.17) is 9.84 Å². The third-order valence-electron chi connectivity index (χ3n) is 2.77. The normalized spacial score (nSPS) is 23.8. The third kappa shape index (κ3) is 6.53. The van der Waals surface area contributed by atoms with E-state index in [-0.39, 0.29) is 12.1 Å². The van der Waals surface area contributed by atoms with E-state index in [2.05, 4.69) is 10.6 Å². The average Bonchev–Trinajstić information content (AvgIpc) is 2.81. The van der Waals surface area contributed by atoms with E-state index in [1.165, 1.54) is 0 Å². The minimum atomic E-state index is -0.959. The highest BCUT2D eigenvalue weighted by Crippen LogP contribution is 2.18. The van der Waals surface area contributed by atoms with Gasteiger partial charge in [-0.05, 0) is 19.3 Å². The molecular formula is C11H20N2O5S. The molecule has 0 radical (unpaired) electrons. The monoisotopic (exact) mass is 292 g/mol. The van der Waals surface area contributed by atoms with Gasteiger partial charge in [0.15, 0.2) is 6.10 Å². The Kier molecular flexibility index (Phi) is 6.79. The molecule has 2 amide bonds. The van der Waals surface area contributed by atoms with Gasteiger partial charge in [0.2, 0.25) is 0 Å². The van der Waals surface area contributed by atoms with E-state index in [1.807, 2.05) is 0 Å². The molecule has 110 valence electrons. The summed E-state index contributed by atoms with van der Waals surface area (Å²) in [7, 11) is -0.842. The molecule has 0 spiro atoms. The minimum absolute atomic E-state index is 0.241. The van der Waals surface area contributed by atoms with Crippen molar-refractivity contribution in [1.29, 1.82) is 0 Å². The molecule has 0 aromatic heterocycles. The number of nitrogens with one attached hydrogen (secondary N) is 2. The zero-order valence-corrected chi connectivity index (χ0v) is 11.7. The SMILES string of the molecule is CS(=O)CCCNC(=O)NCC1CCC(C(=O)O)O1. The second-order valence-corrected chi connectivity index (χ2v) is 5.98. The summed E-state index contributed by atoms with van der Waals surface area (Å²) in [6.07, 6.45) is 2.40. The van der Waals surface area contributed by atoms with Crippen LogP contribution in [0.1, 0.15) is 19.3 Å². The van der Waals surface area contributed by atoms with Gasteiger partial charge in [-0.15, -0.1) is 0 Å². The first-order valence-corrected chi connectivity index (χ1v) is 7.91. The highest BCUT2D eigenvalue weighted by Gasteiger charge is 2.30. The molecule has 1 heterocycles. The van der Waals surface area contributed by atoms with Crippen LogP contribution < -0.4 is 10.6 Å². The lowest BCUT2D eigenvalue weighted by molar-refractivity contribution is -0.149. The van der Waals surface area contributed by atoms with Crippen LogP contribution in [0.3, 0.4) is 0 Å². The predicted molar refractivity (Wildman–Crippen MR) is 70.5 cm³/mol. The fourth-order valence-corrected chi connectivity index (χ4v) is 2.33. The van der Waals surface area contributed by atoms with E-state index in [9.17, 15) is 13.8 Å². The van der Waals surface area contributed by atoms with Crippen LogP contribution in [0, 0.1) is 0 Å². The van der Waals surface area contributed by atoms with Crippen molar-refractivity contribution in [3.8, 4) is 0 Å². The Labute approximate surface area is 114 Å². The molecule has 0 aliphatic carbocycles. The van der Waals surface area contributed by atoms with Crippen LogP contribution in [0.5, 0.6) is 0 Å². The average molecular weight is 292 g/mol. The summed E-state index contributed by atoms with van der Waals surface area (Å²) in [5.41, 5.74) is 0. The number of urea groups is 1. The summed E-state index contributed by atoms with van der Waals surface area (Å²) in [4.78, 5) is 22.1. The molecular weight excluding hydrogens is 272 g/mol. The number of carboxylic acids is 1. The number of rotatable bonds is 7. The summed E-state index contributed by atoms with van der Waals surface area (Å²) in [6, 6.07) is -0.315. The van der Waals surface area contributed by atoms with E-state index in [0.29, 0.717) is 38.1 Å². The van der Waals surface area contributed by atoms with Crippen LogP contribution in [0.25, 0.3) is 0 Å². The van der Waals surface area contributed by atoms with Crippen molar-refractivity contribution in [3.63, 3.8) is 0 Å². The summed E-state index contributed by atoms with van der Waals surface area (Å²) in [6.45, 7) is 0.768. The van der Waals surface area contributed by atoms with Gasteiger partial charge < -0.3 is 20.5 Å². The van der Waals surface area contributed by atoms with Crippen LogP contribution in [0.15, 0.2) is 0 Å². The molecule has 3 atom stereocenters. The maximum Gasteiger partial charge on any atom is 0.332 e. The Bertz CT molecular complexity index is 350. The van der Waals surface area contributed by atoms with Gasteiger partial charge >= 0.3 is 12.0 Å². The Morgan fingerprint density at radius 3 is 2.68 bits per heavy atom. The topological polar surface area (TPSA) is 105 Å². The van der Waals surface area contributed by atoms with Crippen molar-refractivity contribution in [3.05, 3.63) is 0 Å². The summed E-state index contributed by atoms with van der Waals surface area (Å²) in [5, 5.41) is 14.0. The van der Waals surface area contributed by atoms with Crippen molar-refractivity contribution >= 4 is 22.8 Å². The highest BCUT2D eigenvalue weighted by molar-refractivity contribution is 7.84. The van der Waals surface area contributed by atoms with Gasteiger partial charge in [0, 0.05) is 35.9 Å². The van der Waals surface area contributed by atoms with E-state index >= 15 is 0 Å². The zero-order valence-electron chi connectivity index (χ0n) is 10.9. The van der Waals surface area contributed by atoms with Crippen LogP contribution in [0.4, 0.5) is 4.79 Å². The van der Waals surface area contributed by atoms with Gasteiger partial charge in [-0.1, -0.05) is 0 Å². The van der Waals surface area contributed by atoms with Gasteiger partial charge in [-0.3, -0.25) is 4.21 Å². The van der Waals surface area contributed by atoms with Gasteiger partial charge in [0.1, 0.15) is 0 Å². The molecule has 3 N–H and O–H groups in total. The number of carboxylic acid groups (broad SMARTS) is 1. The molecule has 8 heteroatoms. The Morgan fingerprint density at radius 2 is 2.11 bits per heavy atom. The zero-order chi connectivity index (χ0) is 14.3. The number of carbonyl (C=O) groups excluding carboxylic acids is 1. The van der Waals surface area contributed by atoms with Gasteiger partial charge in [0.05, 0.1) is 6.10 Å². The second kappa shape index (κ2) is 8.11. The first-order valence-electron chi connectivity index (χ1n) is 6.19. The summed E-state index contributed by atoms with van der Waals surface area (Å²) < 4.78 is 16.0. The maximum absolute atomic E-state index is 11.4. The molecule has 0 bridgehead atoms. The molecule has 3 unspecified atom stereocenters. The number of hydrogen-bond donors (Lipinski definition) is 3. The largest absolute Gasteiger partial charge is 0.479 e. The molecule has 1 aliphatic heterocycles. The summed E-state index contributed by atoms with van der Waals surface area (Å²) in [5.74, 6) is -0.397. The maximum atomic E-state index is 11.4. The number of hydrogen-bond acceptors (Lipinski definition) is 4. The quantitative estimate of drug-likeness (QED) is 0.558. The molecule has 0 saturated carbocycles. The fourth-order valence-electron chi connectivity index (χ4n) is 1.78.